The van der Waals surface area contributed by atoms with Gasteiger partial charge in [-0.3, -0.25) is 4.79 Å². The van der Waals surface area contributed by atoms with Crippen molar-refractivity contribution in [2.45, 2.75) is 58.3 Å². The first-order valence-corrected chi connectivity index (χ1v) is 8.58. The number of carbonyl (C=O) groups is 1. The van der Waals surface area contributed by atoms with Crippen LogP contribution < -0.4 is 5.32 Å². The van der Waals surface area contributed by atoms with Crippen LogP contribution in [-0.4, -0.2) is 5.91 Å². The minimum Gasteiger partial charge on any atom is -0.326 e. The molecule has 22 heavy (non-hydrogen) atoms. The van der Waals surface area contributed by atoms with Crippen molar-refractivity contribution in [3.8, 4) is 0 Å². The van der Waals surface area contributed by atoms with Crippen LogP contribution in [-0.2, 0) is 4.79 Å². The molecule has 0 saturated heterocycles. The summed E-state index contributed by atoms with van der Waals surface area (Å²) in [4.78, 5) is 12.0. The Morgan fingerprint density at radius 1 is 0.864 bits per heavy atom. The molecule has 0 unspecified atom stereocenters. The summed E-state index contributed by atoms with van der Waals surface area (Å²) >= 11 is 0. The summed E-state index contributed by atoms with van der Waals surface area (Å²) in [5, 5.41) is 5.37. The smallest absolute Gasteiger partial charge is 0.224 e. The van der Waals surface area contributed by atoms with Gasteiger partial charge >= 0.3 is 0 Å². The molecule has 1 amide bonds. The van der Waals surface area contributed by atoms with Crippen LogP contribution in [0.5, 0.6) is 0 Å². The highest BCUT2D eigenvalue weighted by atomic mass is 16.1. The molecule has 0 heterocycles. The molecule has 2 aromatic rings. The quantitative estimate of drug-likeness (QED) is 0.572. The number of hydrogen-bond donors (Lipinski definition) is 1. The van der Waals surface area contributed by atoms with E-state index in [1.54, 1.807) is 0 Å². The summed E-state index contributed by atoms with van der Waals surface area (Å²) in [7, 11) is 0. The van der Waals surface area contributed by atoms with Crippen molar-refractivity contribution >= 4 is 22.4 Å². The van der Waals surface area contributed by atoms with Gasteiger partial charge in [0.2, 0.25) is 5.91 Å². The maximum atomic E-state index is 12.0. The Labute approximate surface area is 133 Å². The fraction of sp³-hybridized carbons (Fsp3) is 0.450. The monoisotopic (exact) mass is 297 g/mol. The first kappa shape index (κ1) is 16.5. The average molecular weight is 297 g/mol. The third-order valence-electron chi connectivity index (χ3n) is 4.04. The highest BCUT2D eigenvalue weighted by Crippen LogP contribution is 2.19. The Morgan fingerprint density at radius 3 is 2.32 bits per heavy atom. The molecule has 0 aliphatic carbocycles. The Morgan fingerprint density at radius 2 is 1.55 bits per heavy atom. The fourth-order valence-electron chi connectivity index (χ4n) is 2.73. The minimum absolute atomic E-state index is 0.129. The zero-order chi connectivity index (χ0) is 15.6. The first-order chi connectivity index (χ1) is 10.8. The van der Waals surface area contributed by atoms with Crippen LogP contribution in [0.3, 0.4) is 0 Å². The lowest BCUT2D eigenvalue weighted by atomic mass is 10.1. The molecule has 0 bridgehead atoms. The maximum Gasteiger partial charge on any atom is 0.224 e. The molecule has 0 aliphatic rings. The number of nitrogens with one attached hydrogen (secondary N) is 1. The Hall–Kier alpha value is -1.83. The molecule has 0 saturated carbocycles. The normalized spacial score (nSPS) is 10.8. The van der Waals surface area contributed by atoms with E-state index in [1.807, 2.05) is 24.3 Å². The van der Waals surface area contributed by atoms with Gasteiger partial charge in [0.25, 0.3) is 0 Å². The van der Waals surface area contributed by atoms with E-state index in [2.05, 4.69) is 30.4 Å². The molecule has 0 radical (unpaired) electrons. The van der Waals surface area contributed by atoms with E-state index in [0.29, 0.717) is 6.42 Å². The molecule has 2 heteroatoms. The number of rotatable bonds is 9. The molecule has 0 atom stereocenters. The molecule has 1 N–H and O–H groups in total. The summed E-state index contributed by atoms with van der Waals surface area (Å²) < 4.78 is 0. The second kappa shape index (κ2) is 9.24. The Bertz CT molecular complexity index is 591. The van der Waals surface area contributed by atoms with Gasteiger partial charge in [0.05, 0.1) is 0 Å². The number of unbranched alkanes of at least 4 members (excludes halogenated alkanes) is 6. The standard InChI is InChI=1S/C20H27NO/c1-2-3-4-5-6-7-8-13-20(22)21-19-15-14-17-11-9-10-12-18(17)16-19/h9-12,14-16H,2-8,13H2,1H3,(H,21,22). The lowest BCUT2D eigenvalue weighted by Crippen LogP contribution is -2.10. The number of carbonyl (C=O) groups excluding carboxylic acids is 1. The van der Waals surface area contributed by atoms with Gasteiger partial charge in [0.1, 0.15) is 0 Å². The summed E-state index contributed by atoms with van der Waals surface area (Å²) in [5.74, 6) is 0.129. The topological polar surface area (TPSA) is 29.1 Å². The zero-order valence-electron chi connectivity index (χ0n) is 13.6. The second-order valence-corrected chi connectivity index (χ2v) is 5.98. The minimum atomic E-state index is 0.129. The summed E-state index contributed by atoms with van der Waals surface area (Å²) in [6.45, 7) is 2.23. The van der Waals surface area contributed by atoms with Gasteiger partial charge < -0.3 is 5.32 Å². The highest BCUT2D eigenvalue weighted by molar-refractivity contribution is 5.94. The van der Waals surface area contributed by atoms with Crippen LogP contribution in [0.15, 0.2) is 42.5 Å². The molecule has 0 fully saturated rings. The van der Waals surface area contributed by atoms with E-state index in [-0.39, 0.29) is 5.91 Å². The van der Waals surface area contributed by atoms with Crippen molar-refractivity contribution < 1.29 is 4.79 Å². The van der Waals surface area contributed by atoms with E-state index in [0.717, 1.165) is 23.9 Å². The fourth-order valence-corrected chi connectivity index (χ4v) is 2.73. The number of benzene rings is 2. The molecule has 0 spiro atoms. The lowest BCUT2D eigenvalue weighted by Gasteiger charge is -2.07. The molecular formula is C20H27NO. The van der Waals surface area contributed by atoms with E-state index in [1.165, 1.54) is 37.5 Å². The van der Waals surface area contributed by atoms with E-state index >= 15 is 0 Å². The third kappa shape index (κ3) is 5.51. The van der Waals surface area contributed by atoms with Gasteiger partial charge in [-0.05, 0) is 29.3 Å². The SMILES string of the molecule is CCCCCCCCCC(=O)Nc1ccc2ccccc2c1. The summed E-state index contributed by atoms with van der Waals surface area (Å²) in [6, 6.07) is 14.3. The van der Waals surface area contributed by atoms with Gasteiger partial charge in [-0.25, -0.2) is 0 Å². The second-order valence-electron chi connectivity index (χ2n) is 5.98. The van der Waals surface area contributed by atoms with Crippen molar-refractivity contribution in [1.82, 2.24) is 0 Å². The zero-order valence-corrected chi connectivity index (χ0v) is 13.6. The van der Waals surface area contributed by atoms with Crippen LogP contribution in [0.2, 0.25) is 0 Å². The predicted octanol–water partition coefficient (Wildman–Crippen LogP) is 5.92. The molecule has 0 aromatic heterocycles. The highest BCUT2D eigenvalue weighted by Gasteiger charge is 2.03. The number of anilines is 1. The van der Waals surface area contributed by atoms with Gasteiger partial charge in [0, 0.05) is 12.1 Å². The number of hydrogen-bond acceptors (Lipinski definition) is 1. The average Bonchev–Trinajstić information content (AvgIpc) is 2.54. The predicted molar refractivity (Wildman–Crippen MR) is 95.2 cm³/mol. The van der Waals surface area contributed by atoms with Crippen LogP contribution >= 0.6 is 0 Å². The Balaban J connectivity index is 1.69. The van der Waals surface area contributed by atoms with Gasteiger partial charge in [-0.15, -0.1) is 0 Å². The van der Waals surface area contributed by atoms with Crippen molar-refractivity contribution in [3.05, 3.63) is 42.5 Å². The van der Waals surface area contributed by atoms with Gasteiger partial charge in [-0.2, -0.15) is 0 Å². The number of fused-ring (bicyclic) bond motifs is 1. The third-order valence-corrected chi connectivity index (χ3v) is 4.04. The molecule has 0 aliphatic heterocycles. The van der Waals surface area contributed by atoms with Crippen molar-refractivity contribution in [2.24, 2.45) is 0 Å². The molecule has 118 valence electrons. The van der Waals surface area contributed by atoms with E-state index in [4.69, 9.17) is 0 Å². The van der Waals surface area contributed by atoms with E-state index in [9.17, 15) is 4.79 Å². The largest absolute Gasteiger partial charge is 0.326 e. The van der Waals surface area contributed by atoms with Gasteiger partial charge in [-0.1, -0.05) is 75.8 Å². The molecule has 2 rings (SSSR count). The summed E-state index contributed by atoms with van der Waals surface area (Å²) in [5.41, 5.74) is 0.895. The maximum absolute atomic E-state index is 12.0. The van der Waals surface area contributed by atoms with E-state index < -0.39 is 0 Å². The lowest BCUT2D eigenvalue weighted by molar-refractivity contribution is -0.116. The van der Waals surface area contributed by atoms with Crippen molar-refractivity contribution in [1.29, 1.82) is 0 Å². The molecular weight excluding hydrogens is 270 g/mol. The number of amides is 1. The summed E-state index contributed by atoms with van der Waals surface area (Å²) in [6.07, 6.45) is 9.29. The van der Waals surface area contributed by atoms with Crippen molar-refractivity contribution in [2.75, 3.05) is 5.32 Å². The van der Waals surface area contributed by atoms with Crippen LogP contribution in [0.25, 0.3) is 10.8 Å². The van der Waals surface area contributed by atoms with Crippen LogP contribution in [0, 0.1) is 0 Å². The molecule has 2 nitrogen and oxygen atoms in total. The Kier molecular flexibility index (Phi) is 6.95. The molecule has 2 aromatic carbocycles. The first-order valence-electron chi connectivity index (χ1n) is 8.58. The van der Waals surface area contributed by atoms with Crippen LogP contribution in [0.4, 0.5) is 5.69 Å². The van der Waals surface area contributed by atoms with Crippen LogP contribution in [0.1, 0.15) is 58.3 Å². The van der Waals surface area contributed by atoms with Crippen molar-refractivity contribution in [3.63, 3.8) is 0 Å². The van der Waals surface area contributed by atoms with Gasteiger partial charge in [0.15, 0.2) is 0 Å².